The van der Waals surface area contributed by atoms with Gasteiger partial charge in [-0.2, -0.15) is 0 Å². The summed E-state index contributed by atoms with van der Waals surface area (Å²) in [6.07, 6.45) is 6.22. The van der Waals surface area contributed by atoms with E-state index in [-0.39, 0.29) is 0 Å². The summed E-state index contributed by atoms with van der Waals surface area (Å²) in [5.41, 5.74) is 1.28. The molecule has 136 valence electrons. The van der Waals surface area contributed by atoms with E-state index < -0.39 is 0 Å². The lowest BCUT2D eigenvalue weighted by molar-refractivity contribution is 0.307. The maximum Gasteiger partial charge on any atom is 0.125 e. The zero-order valence-corrected chi connectivity index (χ0v) is 15.8. The average molecular weight is 342 g/mol. The van der Waals surface area contributed by atoms with Gasteiger partial charge in [-0.3, -0.25) is 0 Å². The number of anilines is 1. The van der Waals surface area contributed by atoms with Crippen molar-refractivity contribution in [2.75, 3.05) is 25.1 Å². The molecule has 0 bridgehead atoms. The van der Waals surface area contributed by atoms with Crippen LogP contribution in [0.4, 0.5) is 5.69 Å². The van der Waals surface area contributed by atoms with E-state index >= 15 is 0 Å². The molecular weight excluding hydrogens is 312 g/mol. The molecule has 1 N–H and O–H groups in total. The fourth-order valence-electron chi connectivity index (χ4n) is 3.59. The van der Waals surface area contributed by atoms with Crippen LogP contribution < -0.4 is 15.0 Å². The molecule has 5 nitrogen and oxygen atoms in total. The van der Waals surface area contributed by atoms with Crippen LogP contribution in [-0.4, -0.2) is 35.8 Å². The topological polar surface area (TPSA) is 42.3 Å². The van der Waals surface area contributed by atoms with Crippen LogP contribution in [0.5, 0.6) is 5.75 Å². The highest BCUT2D eigenvalue weighted by molar-refractivity contribution is 5.49. The molecule has 1 aromatic heterocycles. The lowest BCUT2D eigenvalue weighted by atomic mass is 9.98. The van der Waals surface area contributed by atoms with Gasteiger partial charge in [-0.25, -0.2) is 4.98 Å². The van der Waals surface area contributed by atoms with Crippen molar-refractivity contribution in [3.8, 4) is 5.75 Å². The summed E-state index contributed by atoms with van der Waals surface area (Å²) in [5, 5.41) is 3.86. The van der Waals surface area contributed by atoms with Crippen molar-refractivity contribution in [2.24, 2.45) is 13.0 Å². The van der Waals surface area contributed by atoms with E-state index in [1.165, 1.54) is 5.69 Å². The molecule has 0 saturated carbocycles. The fraction of sp³-hybridized carbons (Fsp3) is 0.550. The van der Waals surface area contributed by atoms with Crippen LogP contribution >= 0.6 is 0 Å². The number of imidazole rings is 1. The molecule has 5 heteroatoms. The third kappa shape index (κ3) is 4.15. The first kappa shape index (κ1) is 17.8. The highest BCUT2D eigenvalue weighted by Gasteiger charge is 2.26. The van der Waals surface area contributed by atoms with E-state index in [2.05, 4.69) is 52.8 Å². The average Bonchev–Trinajstić information content (AvgIpc) is 3.05. The molecule has 1 aliphatic heterocycles. The second kappa shape index (κ2) is 7.91. The Bertz CT molecular complexity index is 657. The third-order valence-electron chi connectivity index (χ3n) is 5.15. The minimum Gasteiger partial charge on any atom is -0.497 e. The molecule has 2 heterocycles. The number of aromatic nitrogens is 2. The van der Waals surface area contributed by atoms with Gasteiger partial charge in [0.25, 0.3) is 0 Å². The monoisotopic (exact) mass is 342 g/mol. The molecule has 1 fully saturated rings. The second-order valence-corrected chi connectivity index (χ2v) is 7.24. The number of benzene rings is 1. The first-order valence-electron chi connectivity index (χ1n) is 9.20. The number of aryl methyl sites for hydroxylation is 1. The summed E-state index contributed by atoms with van der Waals surface area (Å²) >= 11 is 0. The van der Waals surface area contributed by atoms with Gasteiger partial charge in [0, 0.05) is 44.3 Å². The van der Waals surface area contributed by atoms with Crippen LogP contribution in [0.2, 0.25) is 0 Å². The van der Waals surface area contributed by atoms with Crippen molar-refractivity contribution in [3.05, 3.63) is 42.5 Å². The summed E-state index contributed by atoms with van der Waals surface area (Å²) in [5.74, 6) is 2.56. The normalized spacial score (nSPS) is 17.1. The predicted octanol–water partition coefficient (Wildman–Crippen LogP) is 3.38. The molecule has 1 aromatic carbocycles. The van der Waals surface area contributed by atoms with Crippen LogP contribution in [-0.2, 0) is 7.05 Å². The number of hydrogen-bond donors (Lipinski definition) is 1. The highest BCUT2D eigenvalue weighted by Crippen LogP contribution is 2.26. The molecule has 0 radical (unpaired) electrons. The Kier molecular flexibility index (Phi) is 5.63. The Morgan fingerprint density at radius 3 is 2.36 bits per heavy atom. The Labute approximate surface area is 151 Å². The molecule has 0 aliphatic carbocycles. The summed E-state index contributed by atoms with van der Waals surface area (Å²) < 4.78 is 7.38. The molecule has 25 heavy (non-hydrogen) atoms. The van der Waals surface area contributed by atoms with Crippen LogP contribution in [0.15, 0.2) is 36.7 Å². The lowest BCUT2D eigenvalue weighted by Gasteiger charge is -2.36. The molecule has 0 unspecified atom stereocenters. The summed E-state index contributed by atoms with van der Waals surface area (Å²) in [7, 11) is 3.78. The summed E-state index contributed by atoms with van der Waals surface area (Å²) in [6, 6.07) is 9.22. The van der Waals surface area contributed by atoms with Gasteiger partial charge in [0.2, 0.25) is 0 Å². The predicted molar refractivity (Wildman–Crippen MR) is 102 cm³/mol. The van der Waals surface area contributed by atoms with Crippen LogP contribution in [0.1, 0.15) is 38.6 Å². The zero-order valence-electron chi connectivity index (χ0n) is 15.8. The molecule has 2 aromatic rings. The number of nitrogens with one attached hydrogen (secondary N) is 1. The number of piperidine rings is 1. The Morgan fingerprint density at radius 1 is 1.16 bits per heavy atom. The molecule has 0 spiro atoms. The Balaban J connectivity index is 1.58. The van der Waals surface area contributed by atoms with Crippen molar-refractivity contribution in [1.29, 1.82) is 0 Å². The quantitative estimate of drug-likeness (QED) is 0.874. The van der Waals surface area contributed by atoms with Crippen LogP contribution in [0.3, 0.4) is 0 Å². The fourth-order valence-corrected chi connectivity index (χ4v) is 3.59. The Hall–Kier alpha value is -2.01. The molecule has 3 rings (SSSR count). The maximum atomic E-state index is 5.25. The van der Waals surface area contributed by atoms with Gasteiger partial charge in [0.15, 0.2) is 0 Å². The maximum absolute atomic E-state index is 5.25. The van der Waals surface area contributed by atoms with Gasteiger partial charge >= 0.3 is 0 Å². The minimum absolute atomic E-state index is 0.303. The largest absolute Gasteiger partial charge is 0.497 e. The third-order valence-corrected chi connectivity index (χ3v) is 5.15. The van der Waals surface area contributed by atoms with E-state index in [1.54, 1.807) is 7.11 Å². The number of hydrogen-bond acceptors (Lipinski definition) is 4. The van der Waals surface area contributed by atoms with E-state index in [0.717, 1.165) is 37.5 Å². The zero-order chi connectivity index (χ0) is 17.8. The number of ether oxygens (including phenoxy) is 1. The van der Waals surface area contributed by atoms with Gasteiger partial charge < -0.3 is 19.5 Å². The SMILES string of the molecule is COc1ccc(N2CCC(N[C@@H](c3nccn3C)C(C)C)CC2)cc1. The standard InChI is InChI=1S/C20H30N4O/c1-15(2)19(20-21-11-14-23(20)3)22-16-9-12-24(13-10-16)17-5-7-18(25-4)8-6-17/h5-8,11,14-16,19,22H,9-10,12-13H2,1-4H3/t19-/m1/s1. The number of rotatable bonds is 6. The smallest absolute Gasteiger partial charge is 0.125 e. The Morgan fingerprint density at radius 2 is 1.84 bits per heavy atom. The van der Waals surface area contributed by atoms with Gasteiger partial charge in [-0.05, 0) is 43.0 Å². The van der Waals surface area contributed by atoms with Crippen molar-refractivity contribution < 1.29 is 4.74 Å². The minimum atomic E-state index is 0.303. The number of nitrogens with zero attached hydrogens (tertiary/aromatic N) is 3. The molecule has 1 saturated heterocycles. The first-order chi connectivity index (χ1) is 12.1. The molecule has 1 atom stereocenters. The van der Waals surface area contributed by atoms with Gasteiger partial charge in [-0.1, -0.05) is 13.8 Å². The van der Waals surface area contributed by atoms with Crippen LogP contribution in [0.25, 0.3) is 0 Å². The summed E-state index contributed by atoms with van der Waals surface area (Å²) in [6.45, 7) is 6.68. The van der Waals surface area contributed by atoms with Crippen molar-refractivity contribution in [1.82, 2.24) is 14.9 Å². The number of methoxy groups -OCH3 is 1. The first-order valence-corrected chi connectivity index (χ1v) is 9.20. The van der Waals surface area contributed by atoms with E-state index in [9.17, 15) is 0 Å². The van der Waals surface area contributed by atoms with Gasteiger partial charge in [-0.15, -0.1) is 0 Å². The van der Waals surface area contributed by atoms with E-state index in [4.69, 9.17) is 4.74 Å². The highest BCUT2D eigenvalue weighted by atomic mass is 16.5. The van der Waals surface area contributed by atoms with E-state index in [0.29, 0.717) is 18.0 Å². The second-order valence-electron chi connectivity index (χ2n) is 7.24. The van der Waals surface area contributed by atoms with Crippen molar-refractivity contribution in [3.63, 3.8) is 0 Å². The lowest BCUT2D eigenvalue weighted by Crippen LogP contribution is -2.45. The van der Waals surface area contributed by atoms with Crippen molar-refractivity contribution in [2.45, 2.75) is 38.8 Å². The van der Waals surface area contributed by atoms with Gasteiger partial charge in [0.1, 0.15) is 11.6 Å². The van der Waals surface area contributed by atoms with Crippen molar-refractivity contribution >= 4 is 5.69 Å². The molecular formula is C20H30N4O. The van der Waals surface area contributed by atoms with Crippen LogP contribution in [0, 0.1) is 5.92 Å². The van der Waals surface area contributed by atoms with Gasteiger partial charge in [0.05, 0.1) is 13.2 Å². The van der Waals surface area contributed by atoms with E-state index in [1.807, 2.05) is 24.5 Å². The summed E-state index contributed by atoms with van der Waals surface area (Å²) in [4.78, 5) is 7.02. The molecule has 0 amide bonds. The molecule has 1 aliphatic rings.